The second-order valence-electron chi connectivity index (χ2n) is 7.74. The van der Waals surface area contributed by atoms with Gasteiger partial charge in [-0.1, -0.05) is 18.2 Å². The molecule has 4 heterocycles. The van der Waals surface area contributed by atoms with E-state index in [1.807, 2.05) is 53.2 Å². The van der Waals surface area contributed by atoms with Gasteiger partial charge >= 0.3 is 0 Å². The van der Waals surface area contributed by atoms with Gasteiger partial charge in [-0.3, -0.25) is 10.2 Å². The number of carbonyl (C=O) groups is 1. The third kappa shape index (κ3) is 4.20. The topological polar surface area (TPSA) is 86.3 Å². The zero-order valence-electron chi connectivity index (χ0n) is 17.6. The Morgan fingerprint density at radius 3 is 2.69 bits per heavy atom. The van der Waals surface area contributed by atoms with Crippen molar-refractivity contribution in [3.05, 3.63) is 59.9 Å². The number of aliphatic imine (C=N–C) groups is 1. The minimum atomic E-state index is -0.405. The highest BCUT2D eigenvalue weighted by atomic mass is 32.2. The molecule has 164 valence electrons. The number of hydrogen-bond acceptors (Lipinski definition) is 6. The van der Waals surface area contributed by atoms with E-state index in [-0.39, 0.29) is 11.4 Å². The molecule has 0 radical (unpaired) electrons. The molecule has 2 aromatic rings. The number of fused-ring (bicyclic) bond motifs is 1. The van der Waals surface area contributed by atoms with E-state index >= 15 is 0 Å². The molecule has 9 heteroatoms. The van der Waals surface area contributed by atoms with Crippen molar-refractivity contribution in [1.29, 1.82) is 5.41 Å². The quantitative estimate of drug-likeness (QED) is 0.706. The first kappa shape index (κ1) is 20.6. The van der Waals surface area contributed by atoms with Crippen LogP contribution >= 0.6 is 11.8 Å². The number of carbonyl (C=O) groups excluding carboxylic acids is 1. The first-order chi connectivity index (χ1) is 15.7. The molecule has 32 heavy (non-hydrogen) atoms. The van der Waals surface area contributed by atoms with E-state index in [0.29, 0.717) is 18.3 Å². The van der Waals surface area contributed by atoms with Crippen molar-refractivity contribution in [3.63, 3.8) is 0 Å². The number of hydrogen-bond donors (Lipinski definition) is 1. The van der Waals surface area contributed by atoms with Crippen LogP contribution in [0.25, 0.3) is 6.08 Å². The van der Waals surface area contributed by atoms with Crippen molar-refractivity contribution in [3.8, 4) is 5.75 Å². The van der Waals surface area contributed by atoms with Crippen molar-refractivity contribution < 1.29 is 9.53 Å². The minimum absolute atomic E-state index is 0.0628. The van der Waals surface area contributed by atoms with E-state index in [0.717, 1.165) is 42.5 Å². The minimum Gasteiger partial charge on any atom is -0.492 e. The van der Waals surface area contributed by atoms with Crippen molar-refractivity contribution in [2.45, 2.75) is 25.8 Å². The van der Waals surface area contributed by atoms with E-state index in [9.17, 15) is 4.79 Å². The number of likely N-dealkylation sites (tertiary alicyclic amines) is 1. The molecule has 0 atom stereocenters. The molecule has 5 rings (SSSR count). The summed E-state index contributed by atoms with van der Waals surface area (Å²) in [5.41, 5.74) is 1.06. The number of piperidine rings is 1. The number of ether oxygens (including phenoxy) is 1. The Balaban J connectivity index is 1.31. The zero-order chi connectivity index (χ0) is 21.9. The number of nitrogens with zero attached hydrogens (tertiary/aromatic N) is 5. The molecule has 0 aliphatic carbocycles. The first-order valence-electron chi connectivity index (χ1n) is 10.8. The van der Waals surface area contributed by atoms with Crippen LogP contribution in [0.15, 0.2) is 64.3 Å². The number of amidine groups is 3. The number of rotatable bonds is 5. The molecule has 3 aliphatic heterocycles. The molecular formula is C23H24N6O2S. The third-order valence-corrected chi connectivity index (χ3v) is 6.54. The second kappa shape index (κ2) is 9.04. The number of benzene rings is 1. The number of nitrogens with one attached hydrogen (secondary N) is 1. The van der Waals surface area contributed by atoms with Gasteiger partial charge in [-0.15, -0.1) is 5.10 Å². The Labute approximate surface area is 190 Å². The lowest BCUT2D eigenvalue weighted by molar-refractivity contribution is -0.114. The Kier molecular flexibility index (Phi) is 5.81. The van der Waals surface area contributed by atoms with Crippen LogP contribution in [0.2, 0.25) is 0 Å². The van der Waals surface area contributed by atoms with E-state index in [1.165, 1.54) is 23.2 Å². The van der Waals surface area contributed by atoms with Crippen molar-refractivity contribution >= 4 is 39.9 Å². The largest absolute Gasteiger partial charge is 0.492 e. The van der Waals surface area contributed by atoms with Gasteiger partial charge in [-0.05, 0) is 61.4 Å². The van der Waals surface area contributed by atoms with Crippen LogP contribution in [0, 0.1) is 5.41 Å². The fraction of sp³-hybridized carbons (Fsp3) is 0.304. The molecule has 1 N–H and O–H groups in total. The molecule has 0 spiro atoms. The van der Waals surface area contributed by atoms with Crippen molar-refractivity contribution in [2.75, 3.05) is 19.7 Å². The summed E-state index contributed by atoms with van der Waals surface area (Å²) in [6.45, 7) is 3.02. The summed E-state index contributed by atoms with van der Waals surface area (Å²) < 4.78 is 7.78. The van der Waals surface area contributed by atoms with Crippen LogP contribution in [0.4, 0.5) is 0 Å². The van der Waals surface area contributed by atoms with Crippen molar-refractivity contribution in [2.24, 2.45) is 10.1 Å². The van der Waals surface area contributed by atoms with Crippen LogP contribution in [-0.2, 0) is 11.3 Å². The molecule has 3 aliphatic rings. The van der Waals surface area contributed by atoms with Crippen molar-refractivity contribution in [1.82, 2.24) is 14.5 Å². The van der Waals surface area contributed by atoms with Gasteiger partial charge in [0, 0.05) is 25.0 Å². The van der Waals surface area contributed by atoms with Gasteiger partial charge in [0.25, 0.3) is 5.91 Å². The highest BCUT2D eigenvalue weighted by molar-refractivity contribution is 8.26. The SMILES string of the molecule is N=C1/C(=C\c2cccn2CCOc2ccccc2)C(=O)N=C2SC(N3CCCCC3)=NN12. The van der Waals surface area contributed by atoms with Crippen LogP contribution < -0.4 is 4.74 Å². The Hall–Kier alpha value is -3.33. The first-order valence-corrected chi connectivity index (χ1v) is 11.6. The molecule has 1 aromatic carbocycles. The molecule has 1 amide bonds. The number of amides is 1. The van der Waals surface area contributed by atoms with E-state index in [2.05, 4.69) is 15.0 Å². The van der Waals surface area contributed by atoms with Gasteiger partial charge in [0.1, 0.15) is 12.4 Å². The van der Waals surface area contributed by atoms with Gasteiger partial charge in [0.05, 0.1) is 12.1 Å². The lowest BCUT2D eigenvalue weighted by Gasteiger charge is -2.26. The van der Waals surface area contributed by atoms with Gasteiger partial charge in [-0.25, -0.2) is 0 Å². The highest BCUT2D eigenvalue weighted by Crippen LogP contribution is 2.30. The Morgan fingerprint density at radius 1 is 1.06 bits per heavy atom. The van der Waals surface area contributed by atoms with Crippen LogP contribution in [0.5, 0.6) is 5.75 Å². The lowest BCUT2D eigenvalue weighted by atomic mass is 10.1. The Morgan fingerprint density at radius 2 is 1.88 bits per heavy atom. The normalized spacial score (nSPS) is 19.8. The number of para-hydroxylation sites is 1. The highest BCUT2D eigenvalue weighted by Gasteiger charge is 2.37. The zero-order valence-corrected chi connectivity index (χ0v) is 18.4. The summed E-state index contributed by atoms with van der Waals surface area (Å²) in [6.07, 6.45) is 7.16. The van der Waals surface area contributed by atoms with E-state index in [1.54, 1.807) is 6.08 Å². The summed E-state index contributed by atoms with van der Waals surface area (Å²) >= 11 is 1.37. The summed E-state index contributed by atoms with van der Waals surface area (Å²) in [5, 5.41) is 16.0. The average Bonchev–Trinajstić information content (AvgIpc) is 3.45. The standard InChI is InChI=1S/C23H24N6O2S/c24-20-19(16-17-8-7-13-27(17)14-15-31-18-9-3-1-4-10-18)21(30)25-22-29(20)26-23(32-22)28-11-5-2-6-12-28/h1,3-4,7-10,13,16,24H,2,5-6,11-12,14-15H2/b19-16+,24-20?. The lowest BCUT2D eigenvalue weighted by Crippen LogP contribution is -2.35. The van der Waals surface area contributed by atoms with Gasteiger partial charge in [0.2, 0.25) is 5.17 Å². The third-order valence-electron chi connectivity index (χ3n) is 5.57. The number of thioether (sulfide) groups is 1. The molecule has 0 bridgehead atoms. The van der Waals surface area contributed by atoms with Gasteiger partial charge in [0.15, 0.2) is 11.0 Å². The fourth-order valence-electron chi connectivity index (χ4n) is 3.88. The Bertz CT molecular complexity index is 1110. The maximum atomic E-state index is 12.7. The van der Waals surface area contributed by atoms with Crippen LogP contribution in [0.1, 0.15) is 25.0 Å². The predicted octanol–water partition coefficient (Wildman–Crippen LogP) is 3.63. The summed E-state index contributed by atoms with van der Waals surface area (Å²) in [6, 6.07) is 13.5. The molecule has 1 aromatic heterocycles. The van der Waals surface area contributed by atoms with E-state index < -0.39 is 5.91 Å². The maximum absolute atomic E-state index is 12.7. The monoisotopic (exact) mass is 448 g/mol. The molecule has 8 nitrogen and oxygen atoms in total. The molecule has 0 unspecified atom stereocenters. The number of aromatic nitrogens is 1. The predicted molar refractivity (Wildman–Crippen MR) is 127 cm³/mol. The fourth-order valence-corrected chi connectivity index (χ4v) is 4.83. The molecule has 1 saturated heterocycles. The smallest absolute Gasteiger partial charge is 0.283 e. The van der Waals surface area contributed by atoms with E-state index in [4.69, 9.17) is 10.1 Å². The molecular weight excluding hydrogens is 424 g/mol. The molecule has 1 fully saturated rings. The second-order valence-corrected chi connectivity index (χ2v) is 8.67. The van der Waals surface area contributed by atoms with Crippen LogP contribution in [-0.4, -0.2) is 56.3 Å². The summed E-state index contributed by atoms with van der Waals surface area (Å²) in [4.78, 5) is 19.2. The summed E-state index contributed by atoms with van der Waals surface area (Å²) in [5.74, 6) is 0.476. The number of hydrazone groups is 1. The molecule has 0 saturated carbocycles. The van der Waals surface area contributed by atoms with Crippen LogP contribution in [0.3, 0.4) is 0 Å². The van der Waals surface area contributed by atoms with Gasteiger partial charge < -0.3 is 14.2 Å². The summed E-state index contributed by atoms with van der Waals surface area (Å²) in [7, 11) is 0. The van der Waals surface area contributed by atoms with Gasteiger partial charge in [-0.2, -0.15) is 10.0 Å². The average molecular weight is 449 g/mol. The maximum Gasteiger partial charge on any atom is 0.283 e.